The first-order valence-corrected chi connectivity index (χ1v) is 10.5. The quantitative estimate of drug-likeness (QED) is 0.238. The normalized spacial score (nSPS) is 10.9. The molecule has 8 nitrogen and oxygen atoms in total. The van der Waals surface area contributed by atoms with Gasteiger partial charge in [0.05, 0.1) is 23.9 Å². The minimum Gasteiger partial charge on any atom is -0.490 e. The van der Waals surface area contributed by atoms with Gasteiger partial charge in [0.1, 0.15) is 0 Å². The molecule has 170 valence electrons. The predicted molar refractivity (Wildman–Crippen MR) is 131 cm³/mol. The summed E-state index contributed by atoms with van der Waals surface area (Å²) < 4.78 is 7.11. The fourth-order valence-electron chi connectivity index (χ4n) is 3.64. The summed E-state index contributed by atoms with van der Waals surface area (Å²) in [5.41, 5.74) is 7.35. The average molecular weight is 454 g/mol. The number of hydrogen-bond acceptors (Lipinski definition) is 5. The zero-order valence-corrected chi connectivity index (χ0v) is 18.6. The molecular formula is C26H22N4O4. The number of amides is 1. The number of carbonyl (C=O) groups excluding carboxylic acids is 1. The van der Waals surface area contributed by atoms with E-state index in [1.165, 1.54) is 25.5 Å². The Balaban J connectivity index is 1.48. The zero-order valence-electron chi connectivity index (χ0n) is 18.6. The molecular weight excluding hydrogens is 432 g/mol. The summed E-state index contributed by atoms with van der Waals surface area (Å²) in [6.45, 7) is 2.03. The lowest BCUT2D eigenvalue weighted by Crippen LogP contribution is -2.17. The third-order valence-corrected chi connectivity index (χ3v) is 5.31. The molecule has 4 aromatic rings. The largest absolute Gasteiger partial charge is 0.490 e. The molecule has 0 bridgehead atoms. The third kappa shape index (κ3) is 4.71. The number of aryl methyl sites for hydroxylation is 1. The molecule has 0 radical (unpaired) electrons. The van der Waals surface area contributed by atoms with Crippen LogP contribution in [0.1, 0.15) is 21.6 Å². The summed E-state index contributed by atoms with van der Waals surface area (Å²) in [6, 6.07) is 25.9. The maximum Gasteiger partial charge on any atom is 0.311 e. The highest BCUT2D eigenvalue weighted by Gasteiger charge is 2.15. The number of nitro benzene ring substituents is 1. The van der Waals surface area contributed by atoms with Crippen LogP contribution in [0, 0.1) is 17.0 Å². The number of hydrazone groups is 1. The number of nitro groups is 1. The molecule has 0 fully saturated rings. The van der Waals surface area contributed by atoms with Crippen LogP contribution in [-0.4, -0.2) is 28.7 Å². The number of carbonyl (C=O) groups is 1. The summed E-state index contributed by atoms with van der Waals surface area (Å²) in [6.07, 6.45) is 1.34. The van der Waals surface area contributed by atoms with E-state index in [2.05, 4.69) is 39.4 Å². The van der Waals surface area contributed by atoms with E-state index in [1.54, 1.807) is 18.2 Å². The van der Waals surface area contributed by atoms with Crippen molar-refractivity contribution in [2.24, 2.45) is 5.10 Å². The average Bonchev–Trinajstić information content (AvgIpc) is 3.25. The van der Waals surface area contributed by atoms with Gasteiger partial charge in [-0.3, -0.25) is 14.9 Å². The number of nitrogens with zero attached hydrogens (tertiary/aromatic N) is 3. The van der Waals surface area contributed by atoms with Gasteiger partial charge < -0.3 is 9.30 Å². The Morgan fingerprint density at radius 1 is 1.03 bits per heavy atom. The van der Waals surface area contributed by atoms with E-state index in [1.807, 2.05) is 37.3 Å². The van der Waals surface area contributed by atoms with Crippen molar-refractivity contribution < 1.29 is 14.5 Å². The predicted octanol–water partition coefficient (Wildman–Crippen LogP) is 5.13. The number of methoxy groups -OCH3 is 1. The fourth-order valence-corrected chi connectivity index (χ4v) is 3.64. The van der Waals surface area contributed by atoms with Gasteiger partial charge >= 0.3 is 5.69 Å². The van der Waals surface area contributed by atoms with Gasteiger partial charge in [-0.25, -0.2) is 5.43 Å². The SMILES string of the molecule is COc1ccc(/C=N/NC(=O)c2ccc(-n3c(C)ccc3-c3ccccc3)cc2)cc1[N+](=O)[O-]. The number of aromatic nitrogens is 1. The van der Waals surface area contributed by atoms with Crippen LogP contribution >= 0.6 is 0 Å². The molecule has 1 N–H and O–H groups in total. The molecule has 1 heterocycles. The van der Waals surface area contributed by atoms with Crippen molar-refractivity contribution in [1.29, 1.82) is 0 Å². The molecule has 8 heteroatoms. The van der Waals surface area contributed by atoms with Crippen LogP contribution in [0.5, 0.6) is 5.75 Å². The molecule has 0 aliphatic rings. The fraction of sp³-hybridized carbons (Fsp3) is 0.0769. The van der Waals surface area contributed by atoms with Gasteiger partial charge in [-0.15, -0.1) is 0 Å². The van der Waals surface area contributed by atoms with E-state index >= 15 is 0 Å². The van der Waals surface area contributed by atoms with Gasteiger partial charge in [-0.1, -0.05) is 30.3 Å². The summed E-state index contributed by atoms with van der Waals surface area (Å²) in [5, 5.41) is 15.1. The van der Waals surface area contributed by atoms with Crippen LogP contribution in [0.15, 0.2) is 90.0 Å². The van der Waals surface area contributed by atoms with Crippen LogP contribution in [-0.2, 0) is 0 Å². The first-order valence-electron chi connectivity index (χ1n) is 10.5. The van der Waals surface area contributed by atoms with Gasteiger partial charge in [-0.2, -0.15) is 5.10 Å². The van der Waals surface area contributed by atoms with Gasteiger partial charge in [0, 0.05) is 28.6 Å². The third-order valence-electron chi connectivity index (χ3n) is 5.31. The number of benzene rings is 3. The highest BCUT2D eigenvalue weighted by Crippen LogP contribution is 2.27. The van der Waals surface area contributed by atoms with E-state index in [-0.39, 0.29) is 11.4 Å². The molecule has 3 aromatic carbocycles. The lowest BCUT2D eigenvalue weighted by Gasteiger charge is -2.12. The second-order valence-electron chi connectivity index (χ2n) is 7.50. The Kier molecular flexibility index (Phi) is 6.49. The first kappa shape index (κ1) is 22.5. The van der Waals surface area contributed by atoms with Crippen molar-refractivity contribution in [2.45, 2.75) is 6.92 Å². The molecule has 0 saturated carbocycles. The van der Waals surface area contributed by atoms with Crippen molar-refractivity contribution in [3.8, 4) is 22.7 Å². The Morgan fingerprint density at radius 3 is 2.44 bits per heavy atom. The first-order chi connectivity index (χ1) is 16.5. The Bertz CT molecular complexity index is 1360. The molecule has 0 spiro atoms. The molecule has 1 amide bonds. The molecule has 0 aliphatic heterocycles. The number of hydrogen-bond donors (Lipinski definition) is 1. The molecule has 1 aromatic heterocycles. The highest BCUT2D eigenvalue weighted by molar-refractivity contribution is 5.95. The lowest BCUT2D eigenvalue weighted by molar-refractivity contribution is -0.385. The van der Waals surface area contributed by atoms with Gasteiger partial charge in [0.2, 0.25) is 0 Å². The van der Waals surface area contributed by atoms with E-state index in [0.717, 1.165) is 22.6 Å². The van der Waals surface area contributed by atoms with E-state index < -0.39 is 10.8 Å². The molecule has 0 aliphatic carbocycles. The van der Waals surface area contributed by atoms with Crippen LogP contribution in [0.25, 0.3) is 16.9 Å². The zero-order chi connectivity index (χ0) is 24.1. The second-order valence-corrected chi connectivity index (χ2v) is 7.50. The smallest absolute Gasteiger partial charge is 0.311 e. The number of ether oxygens (including phenoxy) is 1. The van der Waals surface area contributed by atoms with Crippen molar-refractivity contribution >= 4 is 17.8 Å². The number of rotatable bonds is 7. The van der Waals surface area contributed by atoms with Crippen molar-refractivity contribution in [3.63, 3.8) is 0 Å². The monoisotopic (exact) mass is 454 g/mol. The van der Waals surface area contributed by atoms with Crippen molar-refractivity contribution in [3.05, 3.63) is 112 Å². The van der Waals surface area contributed by atoms with Crippen LogP contribution < -0.4 is 10.2 Å². The van der Waals surface area contributed by atoms with Crippen LogP contribution in [0.2, 0.25) is 0 Å². The van der Waals surface area contributed by atoms with Gasteiger partial charge in [0.15, 0.2) is 5.75 Å². The molecule has 0 saturated heterocycles. The van der Waals surface area contributed by atoms with E-state index in [9.17, 15) is 14.9 Å². The van der Waals surface area contributed by atoms with Crippen LogP contribution in [0.4, 0.5) is 5.69 Å². The van der Waals surface area contributed by atoms with Gasteiger partial charge in [-0.05, 0) is 61.0 Å². The van der Waals surface area contributed by atoms with Crippen molar-refractivity contribution in [2.75, 3.05) is 7.11 Å². The molecule has 34 heavy (non-hydrogen) atoms. The molecule has 4 rings (SSSR count). The van der Waals surface area contributed by atoms with Crippen molar-refractivity contribution in [1.82, 2.24) is 9.99 Å². The maximum atomic E-state index is 12.5. The van der Waals surface area contributed by atoms with Gasteiger partial charge in [0.25, 0.3) is 5.91 Å². The number of nitrogens with one attached hydrogen (secondary N) is 1. The summed E-state index contributed by atoms with van der Waals surface area (Å²) in [7, 11) is 1.36. The second kappa shape index (κ2) is 9.83. The molecule has 0 atom stereocenters. The standard InChI is InChI=1S/C26H22N4O4/c1-18-8-14-23(20-6-4-3-5-7-20)29(18)22-12-10-21(11-13-22)26(31)28-27-17-19-9-15-25(34-2)24(16-19)30(32)33/h3-17H,1-2H3,(H,28,31)/b27-17+. The summed E-state index contributed by atoms with van der Waals surface area (Å²) >= 11 is 0. The Hall–Kier alpha value is -4.72. The minimum absolute atomic E-state index is 0.152. The van der Waals surface area contributed by atoms with E-state index in [4.69, 9.17) is 4.74 Å². The minimum atomic E-state index is -0.536. The summed E-state index contributed by atoms with van der Waals surface area (Å²) in [4.78, 5) is 23.1. The maximum absolute atomic E-state index is 12.5. The summed E-state index contributed by atoms with van der Waals surface area (Å²) in [5.74, 6) is -0.238. The molecule has 0 unspecified atom stereocenters. The van der Waals surface area contributed by atoms with Crippen LogP contribution in [0.3, 0.4) is 0 Å². The highest BCUT2D eigenvalue weighted by atomic mass is 16.6. The lowest BCUT2D eigenvalue weighted by atomic mass is 10.1. The topological polar surface area (TPSA) is 98.8 Å². The Labute approximate surface area is 196 Å². The Morgan fingerprint density at radius 2 is 1.76 bits per heavy atom. The van der Waals surface area contributed by atoms with E-state index in [0.29, 0.717) is 11.1 Å².